The van der Waals surface area contributed by atoms with Crippen LogP contribution in [0.15, 0.2) is 63.9 Å². The Morgan fingerprint density at radius 3 is 2.59 bits per heavy atom. The zero-order valence-corrected chi connectivity index (χ0v) is 19.6. The van der Waals surface area contributed by atoms with Gasteiger partial charge in [0.05, 0.1) is 17.0 Å². The molecule has 162 valence electrons. The molecule has 0 saturated carbocycles. The van der Waals surface area contributed by atoms with Gasteiger partial charge in [-0.25, -0.2) is 0 Å². The molecule has 0 unspecified atom stereocenters. The molecule has 2 aromatic carbocycles. The molecule has 1 aliphatic heterocycles. The van der Waals surface area contributed by atoms with E-state index < -0.39 is 11.8 Å². The molecule has 1 saturated heterocycles. The topological polar surface area (TPSA) is 71.8 Å². The van der Waals surface area contributed by atoms with Crippen molar-refractivity contribution in [2.24, 2.45) is 0 Å². The second kappa shape index (κ2) is 9.38. The number of nitrogens with zero attached hydrogens (tertiary/aromatic N) is 1. The first-order valence-electron chi connectivity index (χ1n) is 9.14. The minimum absolute atomic E-state index is 0.204. The zero-order valence-electron chi connectivity index (χ0n) is 16.4. The summed E-state index contributed by atoms with van der Waals surface area (Å²) in [7, 11) is 1.54. The van der Waals surface area contributed by atoms with Gasteiger partial charge in [0.15, 0.2) is 4.32 Å². The highest BCUT2D eigenvalue weighted by atomic mass is 35.5. The van der Waals surface area contributed by atoms with Crippen LogP contribution >= 0.6 is 47.2 Å². The summed E-state index contributed by atoms with van der Waals surface area (Å²) in [6.45, 7) is 0. The average molecular weight is 505 g/mol. The first kappa shape index (κ1) is 22.4. The Balaban J connectivity index is 1.50. The third-order valence-corrected chi connectivity index (χ3v) is 6.31. The molecule has 0 aliphatic carbocycles. The third kappa shape index (κ3) is 4.68. The summed E-state index contributed by atoms with van der Waals surface area (Å²) in [5.74, 6) is 0.661. The molecule has 1 aromatic heterocycles. The number of hydrogen-bond acceptors (Lipinski definition) is 6. The molecule has 10 heteroatoms. The highest BCUT2D eigenvalue weighted by Crippen LogP contribution is 2.35. The SMILES string of the molecule is COc1ccc(C(=O)NN2C(=O)/C(=C\c3ccc(-c4ccc(Cl)cc4Cl)o3)SC2=S)cc1. The Bertz CT molecular complexity index is 1260. The molecule has 6 nitrogen and oxygen atoms in total. The number of rotatable bonds is 5. The molecule has 32 heavy (non-hydrogen) atoms. The number of ether oxygens (including phenoxy) is 1. The van der Waals surface area contributed by atoms with Crippen LogP contribution in [0.1, 0.15) is 16.1 Å². The van der Waals surface area contributed by atoms with Gasteiger partial charge in [0.1, 0.15) is 17.3 Å². The van der Waals surface area contributed by atoms with Gasteiger partial charge in [-0.15, -0.1) is 0 Å². The number of methoxy groups -OCH3 is 1. The molecule has 1 fully saturated rings. The Kier molecular flexibility index (Phi) is 6.57. The first-order valence-corrected chi connectivity index (χ1v) is 11.1. The van der Waals surface area contributed by atoms with E-state index in [0.29, 0.717) is 43.3 Å². The fourth-order valence-corrected chi connectivity index (χ4v) is 4.53. The summed E-state index contributed by atoms with van der Waals surface area (Å²) in [5.41, 5.74) is 3.57. The number of halogens is 2. The van der Waals surface area contributed by atoms with Gasteiger partial charge < -0.3 is 9.15 Å². The van der Waals surface area contributed by atoms with Crippen LogP contribution in [0.3, 0.4) is 0 Å². The van der Waals surface area contributed by atoms with E-state index >= 15 is 0 Å². The highest BCUT2D eigenvalue weighted by molar-refractivity contribution is 8.26. The second-order valence-corrected chi connectivity index (χ2v) is 9.03. The van der Waals surface area contributed by atoms with E-state index in [0.717, 1.165) is 16.8 Å². The van der Waals surface area contributed by atoms with Crippen molar-refractivity contribution in [3.05, 3.63) is 80.9 Å². The van der Waals surface area contributed by atoms with E-state index in [1.54, 1.807) is 60.7 Å². The average Bonchev–Trinajstić information content (AvgIpc) is 3.34. The molecule has 1 N–H and O–H groups in total. The number of nitrogens with one attached hydrogen (secondary N) is 1. The van der Waals surface area contributed by atoms with E-state index in [2.05, 4.69) is 5.43 Å². The number of thioether (sulfide) groups is 1. The van der Waals surface area contributed by atoms with Crippen LogP contribution < -0.4 is 10.2 Å². The summed E-state index contributed by atoms with van der Waals surface area (Å²) in [6.07, 6.45) is 1.56. The van der Waals surface area contributed by atoms with E-state index in [4.69, 9.17) is 44.6 Å². The van der Waals surface area contributed by atoms with Crippen molar-refractivity contribution < 1.29 is 18.7 Å². The van der Waals surface area contributed by atoms with Crippen LogP contribution in [0.4, 0.5) is 0 Å². The van der Waals surface area contributed by atoms with Crippen molar-refractivity contribution in [2.75, 3.05) is 7.11 Å². The summed E-state index contributed by atoms with van der Waals surface area (Å²) in [6, 6.07) is 15.0. The van der Waals surface area contributed by atoms with Gasteiger partial charge in [-0.3, -0.25) is 15.0 Å². The lowest BCUT2D eigenvalue weighted by molar-refractivity contribution is -0.123. The molecule has 0 atom stereocenters. The van der Waals surface area contributed by atoms with Crippen molar-refractivity contribution in [3.63, 3.8) is 0 Å². The predicted octanol–water partition coefficient (Wildman–Crippen LogP) is 5.81. The Labute approximate surface area is 203 Å². The quantitative estimate of drug-likeness (QED) is 0.349. The minimum Gasteiger partial charge on any atom is -0.497 e. The molecule has 2 heterocycles. The monoisotopic (exact) mass is 504 g/mol. The maximum Gasteiger partial charge on any atom is 0.285 e. The van der Waals surface area contributed by atoms with Gasteiger partial charge >= 0.3 is 0 Å². The van der Waals surface area contributed by atoms with Gasteiger partial charge in [0.2, 0.25) is 0 Å². The number of carbonyl (C=O) groups excluding carboxylic acids is 2. The van der Waals surface area contributed by atoms with Gasteiger partial charge in [-0.2, -0.15) is 5.01 Å². The number of carbonyl (C=O) groups is 2. The predicted molar refractivity (Wildman–Crippen MR) is 130 cm³/mol. The van der Waals surface area contributed by atoms with Crippen molar-refractivity contribution in [1.29, 1.82) is 0 Å². The van der Waals surface area contributed by atoms with Gasteiger partial charge in [0, 0.05) is 22.2 Å². The highest BCUT2D eigenvalue weighted by Gasteiger charge is 2.34. The zero-order chi connectivity index (χ0) is 22.8. The number of amides is 2. The van der Waals surface area contributed by atoms with E-state index in [1.165, 1.54) is 7.11 Å². The van der Waals surface area contributed by atoms with Gasteiger partial charge in [0.25, 0.3) is 11.8 Å². The van der Waals surface area contributed by atoms with E-state index in [-0.39, 0.29) is 4.32 Å². The first-order chi connectivity index (χ1) is 15.4. The normalized spacial score (nSPS) is 14.8. The molecule has 1 aliphatic rings. The smallest absolute Gasteiger partial charge is 0.285 e. The second-order valence-electron chi connectivity index (χ2n) is 6.51. The lowest BCUT2D eigenvalue weighted by Crippen LogP contribution is -2.44. The van der Waals surface area contributed by atoms with Crippen LogP contribution in [-0.4, -0.2) is 28.3 Å². The number of thiocarbonyl (C=S) groups is 1. The Morgan fingerprint density at radius 2 is 1.91 bits per heavy atom. The van der Waals surface area contributed by atoms with Crippen LogP contribution in [0.2, 0.25) is 10.0 Å². The molecule has 4 rings (SSSR count). The fourth-order valence-electron chi connectivity index (χ4n) is 2.87. The minimum atomic E-state index is -0.470. The van der Waals surface area contributed by atoms with Gasteiger partial charge in [-0.05, 0) is 66.8 Å². The van der Waals surface area contributed by atoms with Crippen LogP contribution in [0.25, 0.3) is 17.4 Å². The van der Waals surface area contributed by atoms with E-state index in [9.17, 15) is 9.59 Å². The summed E-state index contributed by atoms with van der Waals surface area (Å²) < 4.78 is 11.1. The summed E-state index contributed by atoms with van der Waals surface area (Å²) >= 11 is 18.5. The van der Waals surface area contributed by atoms with Crippen molar-refractivity contribution in [3.8, 4) is 17.1 Å². The van der Waals surface area contributed by atoms with Crippen LogP contribution in [-0.2, 0) is 4.79 Å². The lowest BCUT2D eigenvalue weighted by atomic mass is 10.2. The number of furan rings is 1. The largest absolute Gasteiger partial charge is 0.497 e. The molecule has 2 amide bonds. The Morgan fingerprint density at radius 1 is 1.16 bits per heavy atom. The lowest BCUT2D eigenvalue weighted by Gasteiger charge is -2.15. The fraction of sp³-hybridized carbons (Fsp3) is 0.0455. The number of benzene rings is 2. The number of hydrogen-bond donors (Lipinski definition) is 1. The van der Waals surface area contributed by atoms with Crippen molar-refractivity contribution >= 4 is 69.4 Å². The molecule has 0 spiro atoms. The maximum absolute atomic E-state index is 12.8. The third-order valence-electron chi connectivity index (χ3n) is 4.46. The number of hydrazine groups is 1. The van der Waals surface area contributed by atoms with Crippen molar-refractivity contribution in [1.82, 2.24) is 10.4 Å². The molecule has 3 aromatic rings. The Hall–Kier alpha value is -2.78. The molecule has 0 bridgehead atoms. The molecular formula is C22H14Cl2N2O4S2. The van der Waals surface area contributed by atoms with Crippen LogP contribution in [0.5, 0.6) is 5.75 Å². The maximum atomic E-state index is 12.8. The van der Waals surface area contributed by atoms with Gasteiger partial charge in [-0.1, -0.05) is 35.0 Å². The molecular weight excluding hydrogens is 491 g/mol. The van der Waals surface area contributed by atoms with Crippen LogP contribution in [0, 0.1) is 0 Å². The van der Waals surface area contributed by atoms with E-state index in [1.807, 2.05) is 0 Å². The molecule has 0 radical (unpaired) electrons. The summed E-state index contributed by atoms with van der Waals surface area (Å²) in [5, 5.41) is 2.01. The standard InChI is InChI=1S/C22H14Cl2N2O4S2/c1-29-14-5-2-12(3-6-14)20(27)25-26-21(28)19(32-22(26)31)11-15-7-9-18(30-15)16-8-4-13(23)10-17(16)24/h2-11H,1H3,(H,25,27)/b19-11+. The summed E-state index contributed by atoms with van der Waals surface area (Å²) in [4.78, 5) is 25.6. The van der Waals surface area contributed by atoms with Crippen molar-refractivity contribution in [2.45, 2.75) is 0 Å².